The van der Waals surface area contributed by atoms with Crippen LogP contribution in [0.1, 0.15) is 63.0 Å². The molecule has 2 atom stereocenters. The summed E-state index contributed by atoms with van der Waals surface area (Å²) in [7, 11) is 0. The number of nitrogens with one attached hydrogen (secondary N) is 1. The minimum Gasteiger partial charge on any atom is -0.393 e. The number of aryl methyl sites for hydroxylation is 1. The van der Waals surface area contributed by atoms with E-state index in [4.69, 9.17) is 0 Å². The van der Waals surface area contributed by atoms with Crippen LogP contribution in [-0.2, 0) is 11.2 Å². The fourth-order valence-corrected chi connectivity index (χ4v) is 3.12. The van der Waals surface area contributed by atoms with E-state index in [-0.39, 0.29) is 12.0 Å². The SMILES string of the molecule is CC(C)c1ccc(CCC(=O)NCC2CCCC(O)C2)cc1. The first-order valence-electron chi connectivity index (χ1n) is 8.58. The molecule has 1 fully saturated rings. The summed E-state index contributed by atoms with van der Waals surface area (Å²) < 4.78 is 0. The molecule has 1 aliphatic carbocycles. The Hall–Kier alpha value is -1.35. The predicted octanol–water partition coefficient (Wildman–Crippen LogP) is 3.41. The predicted molar refractivity (Wildman–Crippen MR) is 89.8 cm³/mol. The van der Waals surface area contributed by atoms with Crippen molar-refractivity contribution in [1.82, 2.24) is 5.32 Å². The van der Waals surface area contributed by atoms with Gasteiger partial charge in [0.1, 0.15) is 0 Å². The third-order valence-electron chi connectivity index (χ3n) is 4.63. The van der Waals surface area contributed by atoms with E-state index in [0.29, 0.717) is 24.8 Å². The summed E-state index contributed by atoms with van der Waals surface area (Å²) in [6.07, 6.45) is 5.09. The van der Waals surface area contributed by atoms with Crippen molar-refractivity contribution in [2.75, 3.05) is 6.54 Å². The van der Waals surface area contributed by atoms with Gasteiger partial charge in [-0.1, -0.05) is 44.5 Å². The molecule has 0 saturated heterocycles. The van der Waals surface area contributed by atoms with Crippen LogP contribution in [0.5, 0.6) is 0 Å². The number of hydrogen-bond acceptors (Lipinski definition) is 2. The second-order valence-electron chi connectivity index (χ2n) is 6.89. The van der Waals surface area contributed by atoms with E-state index >= 15 is 0 Å². The highest BCUT2D eigenvalue weighted by molar-refractivity contribution is 5.76. The molecule has 0 spiro atoms. The Morgan fingerprint density at radius 1 is 1.27 bits per heavy atom. The lowest BCUT2D eigenvalue weighted by molar-refractivity contribution is -0.121. The van der Waals surface area contributed by atoms with Crippen molar-refractivity contribution in [1.29, 1.82) is 0 Å². The molecule has 0 heterocycles. The fraction of sp³-hybridized carbons (Fsp3) is 0.632. The smallest absolute Gasteiger partial charge is 0.220 e. The Balaban J connectivity index is 1.68. The monoisotopic (exact) mass is 303 g/mol. The molecule has 22 heavy (non-hydrogen) atoms. The van der Waals surface area contributed by atoms with E-state index in [2.05, 4.69) is 43.4 Å². The first-order chi connectivity index (χ1) is 10.5. The number of aliphatic hydroxyl groups excluding tert-OH is 1. The molecule has 2 rings (SSSR count). The Bertz CT molecular complexity index is 467. The molecule has 1 aromatic rings. The van der Waals surface area contributed by atoms with Gasteiger partial charge in [0.15, 0.2) is 0 Å². The maximum atomic E-state index is 11.9. The van der Waals surface area contributed by atoms with E-state index in [1.54, 1.807) is 0 Å². The van der Waals surface area contributed by atoms with Crippen molar-refractivity contribution in [3.8, 4) is 0 Å². The second kappa shape index (κ2) is 8.33. The summed E-state index contributed by atoms with van der Waals surface area (Å²) in [6.45, 7) is 5.08. The summed E-state index contributed by atoms with van der Waals surface area (Å²) in [5.41, 5.74) is 2.55. The van der Waals surface area contributed by atoms with Gasteiger partial charge < -0.3 is 10.4 Å². The molecule has 3 heteroatoms. The molecule has 1 saturated carbocycles. The van der Waals surface area contributed by atoms with Gasteiger partial charge in [0, 0.05) is 13.0 Å². The minimum atomic E-state index is -0.171. The molecular formula is C19H29NO2. The molecule has 0 radical (unpaired) electrons. The van der Waals surface area contributed by atoms with Gasteiger partial charge in [-0.2, -0.15) is 0 Å². The summed E-state index contributed by atoms with van der Waals surface area (Å²) in [5, 5.41) is 12.7. The van der Waals surface area contributed by atoms with Crippen molar-refractivity contribution in [3.05, 3.63) is 35.4 Å². The van der Waals surface area contributed by atoms with Crippen LogP contribution in [-0.4, -0.2) is 23.7 Å². The van der Waals surface area contributed by atoms with E-state index in [9.17, 15) is 9.90 Å². The third-order valence-corrected chi connectivity index (χ3v) is 4.63. The number of carbonyl (C=O) groups excluding carboxylic acids is 1. The molecule has 0 aliphatic heterocycles. The highest BCUT2D eigenvalue weighted by atomic mass is 16.3. The van der Waals surface area contributed by atoms with Crippen LogP contribution in [0, 0.1) is 5.92 Å². The number of aliphatic hydroxyl groups is 1. The van der Waals surface area contributed by atoms with Crippen LogP contribution in [0.4, 0.5) is 0 Å². The molecule has 1 amide bonds. The third kappa shape index (κ3) is 5.45. The largest absolute Gasteiger partial charge is 0.393 e. The van der Waals surface area contributed by atoms with Crippen molar-refractivity contribution in [3.63, 3.8) is 0 Å². The second-order valence-corrected chi connectivity index (χ2v) is 6.89. The number of carbonyl (C=O) groups is 1. The number of benzene rings is 1. The van der Waals surface area contributed by atoms with Crippen molar-refractivity contribution < 1.29 is 9.90 Å². The molecule has 0 aromatic heterocycles. The highest BCUT2D eigenvalue weighted by Crippen LogP contribution is 2.23. The molecule has 3 nitrogen and oxygen atoms in total. The zero-order chi connectivity index (χ0) is 15.9. The summed E-state index contributed by atoms with van der Waals surface area (Å²) in [5.74, 6) is 1.11. The topological polar surface area (TPSA) is 49.3 Å². The lowest BCUT2D eigenvalue weighted by atomic mass is 9.87. The normalized spacial score (nSPS) is 21.8. The summed E-state index contributed by atoms with van der Waals surface area (Å²) in [4.78, 5) is 11.9. The molecule has 0 bridgehead atoms. The van der Waals surface area contributed by atoms with Crippen LogP contribution < -0.4 is 5.32 Å². The van der Waals surface area contributed by atoms with Crippen LogP contribution >= 0.6 is 0 Å². The molecule has 2 N–H and O–H groups in total. The highest BCUT2D eigenvalue weighted by Gasteiger charge is 2.20. The maximum Gasteiger partial charge on any atom is 0.220 e. The van der Waals surface area contributed by atoms with Gasteiger partial charge in [-0.25, -0.2) is 0 Å². The van der Waals surface area contributed by atoms with Crippen molar-refractivity contribution >= 4 is 5.91 Å². The van der Waals surface area contributed by atoms with Crippen LogP contribution in [0.3, 0.4) is 0 Å². The molecular weight excluding hydrogens is 274 g/mol. The van der Waals surface area contributed by atoms with Crippen LogP contribution in [0.15, 0.2) is 24.3 Å². The van der Waals surface area contributed by atoms with Gasteiger partial charge in [-0.3, -0.25) is 4.79 Å². The number of rotatable bonds is 6. The number of amides is 1. The number of hydrogen-bond donors (Lipinski definition) is 2. The summed E-state index contributed by atoms with van der Waals surface area (Å²) in [6, 6.07) is 8.56. The minimum absolute atomic E-state index is 0.119. The van der Waals surface area contributed by atoms with E-state index in [0.717, 1.165) is 32.1 Å². The standard InChI is InChI=1S/C19H29NO2/c1-14(2)17-9-6-15(7-10-17)8-11-19(22)20-13-16-4-3-5-18(21)12-16/h6-7,9-10,14,16,18,21H,3-5,8,11-13H2,1-2H3,(H,20,22). The lowest BCUT2D eigenvalue weighted by Crippen LogP contribution is -2.33. The average molecular weight is 303 g/mol. The summed E-state index contributed by atoms with van der Waals surface area (Å²) >= 11 is 0. The van der Waals surface area contributed by atoms with Gasteiger partial charge in [0.2, 0.25) is 5.91 Å². The zero-order valence-electron chi connectivity index (χ0n) is 13.8. The Morgan fingerprint density at radius 2 is 2.00 bits per heavy atom. The van der Waals surface area contributed by atoms with E-state index in [1.165, 1.54) is 11.1 Å². The molecule has 1 aromatic carbocycles. The van der Waals surface area contributed by atoms with Crippen molar-refractivity contribution in [2.24, 2.45) is 5.92 Å². The fourth-order valence-electron chi connectivity index (χ4n) is 3.12. The first kappa shape index (κ1) is 17.0. The first-order valence-corrected chi connectivity index (χ1v) is 8.58. The molecule has 122 valence electrons. The van der Waals surface area contributed by atoms with E-state index in [1.807, 2.05) is 0 Å². The van der Waals surface area contributed by atoms with Crippen LogP contribution in [0.2, 0.25) is 0 Å². The molecule has 2 unspecified atom stereocenters. The molecule has 1 aliphatic rings. The van der Waals surface area contributed by atoms with Gasteiger partial charge in [0.25, 0.3) is 0 Å². The van der Waals surface area contributed by atoms with Crippen LogP contribution in [0.25, 0.3) is 0 Å². The average Bonchev–Trinajstić information content (AvgIpc) is 2.51. The Morgan fingerprint density at radius 3 is 2.64 bits per heavy atom. The van der Waals surface area contributed by atoms with Gasteiger partial charge >= 0.3 is 0 Å². The lowest BCUT2D eigenvalue weighted by Gasteiger charge is -2.25. The zero-order valence-corrected chi connectivity index (χ0v) is 13.8. The van der Waals surface area contributed by atoms with Gasteiger partial charge in [0.05, 0.1) is 6.10 Å². The quantitative estimate of drug-likeness (QED) is 0.846. The van der Waals surface area contributed by atoms with Gasteiger partial charge in [-0.05, 0) is 48.6 Å². The van der Waals surface area contributed by atoms with Gasteiger partial charge in [-0.15, -0.1) is 0 Å². The Kier molecular flexibility index (Phi) is 6.44. The maximum absolute atomic E-state index is 11.9. The Labute approximate surface area is 134 Å². The van der Waals surface area contributed by atoms with E-state index < -0.39 is 0 Å². The van der Waals surface area contributed by atoms with Crippen molar-refractivity contribution in [2.45, 2.75) is 64.4 Å².